The molecule has 2 aromatic rings. The molecule has 1 aliphatic rings. The number of nitrogens with one attached hydrogen (secondary N) is 1. The van der Waals surface area contributed by atoms with E-state index in [0.717, 1.165) is 12.0 Å². The minimum absolute atomic E-state index is 0.0230. The van der Waals surface area contributed by atoms with Gasteiger partial charge < -0.3 is 10.2 Å². The van der Waals surface area contributed by atoms with Crippen molar-refractivity contribution < 1.29 is 19.2 Å². The number of imide groups is 1. The van der Waals surface area contributed by atoms with Crippen molar-refractivity contribution in [2.24, 2.45) is 0 Å². The first-order chi connectivity index (χ1) is 16.3. The number of carbonyl (C=O) groups is 4. The molecule has 1 aliphatic heterocycles. The summed E-state index contributed by atoms with van der Waals surface area (Å²) >= 11 is 0. The topological polar surface area (TPSA) is 86.8 Å². The largest absolute Gasteiger partial charge is 0.352 e. The van der Waals surface area contributed by atoms with Gasteiger partial charge in [0.15, 0.2) is 0 Å². The van der Waals surface area contributed by atoms with E-state index in [1.165, 1.54) is 4.90 Å². The monoisotopic (exact) mass is 463 g/mol. The second-order valence-corrected chi connectivity index (χ2v) is 8.73. The van der Waals surface area contributed by atoms with Gasteiger partial charge in [0, 0.05) is 25.6 Å². The quantitative estimate of drug-likeness (QED) is 0.517. The molecule has 0 aliphatic carbocycles. The molecule has 0 saturated heterocycles. The molecule has 0 spiro atoms. The minimum atomic E-state index is -0.621. The summed E-state index contributed by atoms with van der Waals surface area (Å²) in [6.07, 6.45) is 1.91. The molecule has 0 bridgehead atoms. The Morgan fingerprint density at radius 3 is 2.12 bits per heavy atom. The van der Waals surface area contributed by atoms with E-state index >= 15 is 0 Å². The molecular formula is C27H33N3O4. The molecule has 1 N–H and O–H groups in total. The van der Waals surface area contributed by atoms with Crippen LogP contribution in [0.15, 0.2) is 54.6 Å². The molecule has 7 nitrogen and oxygen atoms in total. The van der Waals surface area contributed by atoms with Gasteiger partial charge in [-0.2, -0.15) is 0 Å². The van der Waals surface area contributed by atoms with E-state index in [-0.39, 0.29) is 42.6 Å². The predicted octanol–water partition coefficient (Wildman–Crippen LogP) is 3.44. The first-order valence-electron chi connectivity index (χ1n) is 11.9. The van der Waals surface area contributed by atoms with Gasteiger partial charge in [0.2, 0.25) is 11.8 Å². The summed E-state index contributed by atoms with van der Waals surface area (Å²) in [7, 11) is 0. The van der Waals surface area contributed by atoms with E-state index in [9.17, 15) is 19.2 Å². The molecule has 0 aromatic heterocycles. The van der Waals surface area contributed by atoms with Gasteiger partial charge in [-0.15, -0.1) is 0 Å². The van der Waals surface area contributed by atoms with Crippen LogP contribution in [0.4, 0.5) is 0 Å². The number of benzene rings is 2. The normalized spacial score (nSPS) is 14.5. The smallest absolute Gasteiger partial charge is 0.261 e. The summed E-state index contributed by atoms with van der Waals surface area (Å²) in [5.41, 5.74) is 1.89. The number of amides is 4. The third kappa shape index (κ3) is 5.90. The molecule has 4 amide bonds. The average molecular weight is 464 g/mol. The molecule has 2 atom stereocenters. The van der Waals surface area contributed by atoms with E-state index in [2.05, 4.69) is 5.32 Å². The fourth-order valence-electron chi connectivity index (χ4n) is 4.01. The SMILES string of the molecule is CCC(C)NC(=O)C(C)N(CCc1ccccc1)C(=O)CCCN1C(=O)c2ccccc2C1=O. The molecule has 7 heteroatoms. The van der Waals surface area contributed by atoms with Crippen molar-refractivity contribution in [3.63, 3.8) is 0 Å². The van der Waals surface area contributed by atoms with Crippen LogP contribution in [0.2, 0.25) is 0 Å². The maximum Gasteiger partial charge on any atom is 0.261 e. The molecule has 2 unspecified atom stereocenters. The molecule has 34 heavy (non-hydrogen) atoms. The summed E-state index contributed by atoms with van der Waals surface area (Å²) < 4.78 is 0. The van der Waals surface area contributed by atoms with Crippen molar-refractivity contribution in [1.29, 1.82) is 0 Å². The van der Waals surface area contributed by atoms with E-state index < -0.39 is 6.04 Å². The molecule has 1 heterocycles. The van der Waals surface area contributed by atoms with Crippen LogP contribution in [0, 0.1) is 0 Å². The maximum absolute atomic E-state index is 13.2. The Morgan fingerprint density at radius 1 is 0.941 bits per heavy atom. The number of hydrogen-bond donors (Lipinski definition) is 1. The van der Waals surface area contributed by atoms with Crippen LogP contribution in [0.1, 0.15) is 66.3 Å². The second kappa shape index (κ2) is 11.6. The van der Waals surface area contributed by atoms with Crippen molar-refractivity contribution in [3.05, 3.63) is 71.3 Å². The first-order valence-corrected chi connectivity index (χ1v) is 11.9. The summed E-state index contributed by atoms with van der Waals surface area (Å²) in [5, 5.41) is 2.96. The molecule has 0 radical (unpaired) electrons. The summed E-state index contributed by atoms with van der Waals surface area (Å²) in [6.45, 7) is 6.24. The lowest BCUT2D eigenvalue weighted by Crippen LogP contribution is -2.50. The number of rotatable bonds is 11. The van der Waals surface area contributed by atoms with Crippen molar-refractivity contribution >= 4 is 23.6 Å². The van der Waals surface area contributed by atoms with Crippen LogP contribution in [0.3, 0.4) is 0 Å². The van der Waals surface area contributed by atoms with Crippen LogP contribution in [-0.2, 0) is 16.0 Å². The third-order valence-corrected chi connectivity index (χ3v) is 6.30. The number of fused-ring (bicyclic) bond motifs is 1. The maximum atomic E-state index is 13.2. The fourth-order valence-corrected chi connectivity index (χ4v) is 4.01. The first kappa shape index (κ1) is 25.1. The Labute approximate surface area is 201 Å². The Hall–Kier alpha value is -3.48. The molecule has 2 aromatic carbocycles. The van der Waals surface area contributed by atoms with Gasteiger partial charge in [-0.3, -0.25) is 24.1 Å². The zero-order valence-corrected chi connectivity index (χ0v) is 20.1. The van der Waals surface area contributed by atoms with Crippen molar-refractivity contribution in [2.75, 3.05) is 13.1 Å². The van der Waals surface area contributed by atoms with Gasteiger partial charge in [-0.25, -0.2) is 0 Å². The van der Waals surface area contributed by atoms with E-state index in [4.69, 9.17) is 0 Å². The van der Waals surface area contributed by atoms with E-state index in [1.54, 1.807) is 36.1 Å². The summed E-state index contributed by atoms with van der Waals surface area (Å²) in [6, 6.07) is 16.0. The average Bonchev–Trinajstić information content (AvgIpc) is 3.09. The highest BCUT2D eigenvalue weighted by atomic mass is 16.2. The van der Waals surface area contributed by atoms with Crippen LogP contribution in [0.25, 0.3) is 0 Å². The van der Waals surface area contributed by atoms with E-state index in [1.807, 2.05) is 44.2 Å². The lowest BCUT2D eigenvalue weighted by Gasteiger charge is -2.30. The Bertz CT molecular complexity index is 1000. The standard InChI is InChI=1S/C27H33N3O4/c1-4-19(2)28-25(32)20(3)29(18-16-21-11-6-5-7-12-21)24(31)15-10-17-30-26(33)22-13-8-9-14-23(22)27(30)34/h5-9,11-14,19-20H,4,10,15-18H2,1-3H3,(H,28,32). The van der Waals surface area contributed by atoms with Crippen LogP contribution in [-0.4, -0.2) is 58.6 Å². The van der Waals surface area contributed by atoms with Gasteiger partial charge in [-0.1, -0.05) is 49.4 Å². The van der Waals surface area contributed by atoms with Gasteiger partial charge in [0.1, 0.15) is 6.04 Å². The third-order valence-electron chi connectivity index (χ3n) is 6.30. The fraction of sp³-hybridized carbons (Fsp3) is 0.407. The van der Waals surface area contributed by atoms with Gasteiger partial charge >= 0.3 is 0 Å². The molecular weight excluding hydrogens is 430 g/mol. The zero-order chi connectivity index (χ0) is 24.7. The minimum Gasteiger partial charge on any atom is -0.352 e. The Morgan fingerprint density at radius 2 is 1.53 bits per heavy atom. The van der Waals surface area contributed by atoms with Crippen LogP contribution in [0.5, 0.6) is 0 Å². The molecule has 0 saturated carbocycles. The highest BCUT2D eigenvalue weighted by Crippen LogP contribution is 2.22. The highest BCUT2D eigenvalue weighted by molar-refractivity contribution is 6.21. The summed E-state index contributed by atoms with van der Waals surface area (Å²) in [4.78, 5) is 53.9. The number of nitrogens with zero attached hydrogens (tertiary/aromatic N) is 2. The van der Waals surface area contributed by atoms with Gasteiger partial charge in [0.05, 0.1) is 11.1 Å². The lowest BCUT2D eigenvalue weighted by molar-refractivity contribution is -0.140. The molecule has 3 rings (SSSR count). The molecule has 180 valence electrons. The number of hydrogen-bond acceptors (Lipinski definition) is 4. The van der Waals surface area contributed by atoms with Crippen LogP contribution < -0.4 is 5.32 Å². The van der Waals surface area contributed by atoms with Crippen molar-refractivity contribution in [1.82, 2.24) is 15.1 Å². The van der Waals surface area contributed by atoms with Crippen molar-refractivity contribution in [2.45, 2.75) is 58.5 Å². The lowest BCUT2D eigenvalue weighted by atomic mass is 10.1. The Balaban J connectivity index is 1.62. The van der Waals surface area contributed by atoms with Gasteiger partial charge in [-0.05, 0) is 50.8 Å². The second-order valence-electron chi connectivity index (χ2n) is 8.73. The predicted molar refractivity (Wildman–Crippen MR) is 130 cm³/mol. The highest BCUT2D eigenvalue weighted by Gasteiger charge is 2.35. The number of carbonyl (C=O) groups excluding carboxylic acids is 4. The van der Waals surface area contributed by atoms with E-state index in [0.29, 0.717) is 30.5 Å². The molecule has 0 fully saturated rings. The van der Waals surface area contributed by atoms with Crippen molar-refractivity contribution in [3.8, 4) is 0 Å². The summed E-state index contributed by atoms with van der Waals surface area (Å²) in [5.74, 6) is -0.999. The Kier molecular flexibility index (Phi) is 8.57. The van der Waals surface area contributed by atoms with Gasteiger partial charge in [0.25, 0.3) is 11.8 Å². The van der Waals surface area contributed by atoms with Crippen LogP contribution >= 0.6 is 0 Å². The zero-order valence-electron chi connectivity index (χ0n) is 20.1.